The molecule has 8 heteroatoms. The molecule has 2 N–H and O–H groups in total. The molecule has 5 nitrogen and oxygen atoms in total. The zero-order valence-corrected chi connectivity index (χ0v) is 10.1. The van der Waals surface area contributed by atoms with Gasteiger partial charge >= 0.3 is 6.18 Å². The number of hydrogen-bond donors (Lipinski definition) is 2. The van der Waals surface area contributed by atoms with E-state index in [4.69, 9.17) is 0 Å². The van der Waals surface area contributed by atoms with Crippen LogP contribution in [0.1, 0.15) is 16.1 Å². The summed E-state index contributed by atoms with van der Waals surface area (Å²) < 4.78 is 41.5. The average molecular weight is 278 g/mol. The van der Waals surface area contributed by atoms with Crippen molar-refractivity contribution >= 4 is 5.91 Å². The summed E-state index contributed by atoms with van der Waals surface area (Å²) in [6, 6.07) is 1.74. The molecule has 0 aliphatic heterocycles. The van der Waals surface area contributed by atoms with Crippen LogP contribution in [0.3, 0.4) is 0 Å². The molecule has 1 unspecified atom stereocenters. The fourth-order valence-corrected chi connectivity index (χ4v) is 1.25. The summed E-state index contributed by atoms with van der Waals surface area (Å²) in [5, 5.41) is 11.6. The molecule has 0 aliphatic carbocycles. The van der Waals surface area contributed by atoms with Crippen LogP contribution < -0.4 is 5.32 Å². The largest absolute Gasteiger partial charge is 0.417 e. The first kappa shape index (κ1) is 15.4. The van der Waals surface area contributed by atoms with Crippen molar-refractivity contribution in [3.05, 3.63) is 29.6 Å². The van der Waals surface area contributed by atoms with Crippen LogP contribution in [-0.2, 0) is 10.9 Å². The molecular formula is C11H13F3N2O3. The van der Waals surface area contributed by atoms with Crippen LogP contribution >= 0.6 is 0 Å². The molecule has 0 spiro atoms. The number of rotatable bonds is 5. The number of aliphatic hydroxyl groups is 1. The Morgan fingerprint density at radius 3 is 2.68 bits per heavy atom. The third-order valence-corrected chi connectivity index (χ3v) is 2.18. The van der Waals surface area contributed by atoms with Crippen molar-refractivity contribution in [1.82, 2.24) is 10.3 Å². The number of carbonyl (C=O) groups is 1. The highest BCUT2D eigenvalue weighted by molar-refractivity contribution is 5.92. The SMILES string of the molecule is COCC(O)CNC(=O)c1ccc(C(F)(F)F)cn1. The van der Waals surface area contributed by atoms with E-state index in [1.54, 1.807) is 0 Å². The molecule has 0 saturated carbocycles. The first-order valence-corrected chi connectivity index (χ1v) is 5.33. The first-order chi connectivity index (χ1) is 8.84. The van der Waals surface area contributed by atoms with E-state index in [-0.39, 0.29) is 18.8 Å². The maximum atomic E-state index is 12.3. The molecule has 1 rings (SSSR count). The molecular weight excluding hydrogens is 265 g/mol. The highest BCUT2D eigenvalue weighted by Crippen LogP contribution is 2.28. The van der Waals surface area contributed by atoms with E-state index in [1.165, 1.54) is 7.11 Å². The van der Waals surface area contributed by atoms with Gasteiger partial charge in [-0.15, -0.1) is 0 Å². The van der Waals surface area contributed by atoms with E-state index in [9.17, 15) is 23.1 Å². The highest BCUT2D eigenvalue weighted by Gasteiger charge is 2.30. The van der Waals surface area contributed by atoms with Gasteiger partial charge in [-0.2, -0.15) is 13.2 Å². The Bertz CT molecular complexity index is 420. The van der Waals surface area contributed by atoms with Gasteiger partial charge in [-0.25, -0.2) is 0 Å². The Labute approximate surface area is 107 Å². The molecule has 1 amide bonds. The van der Waals surface area contributed by atoms with E-state index >= 15 is 0 Å². The number of nitrogens with one attached hydrogen (secondary N) is 1. The zero-order valence-electron chi connectivity index (χ0n) is 10.1. The van der Waals surface area contributed by atoms with Crippen molar-refractivity contribution < 1.29 is 27.8 Å². The molecule has 106 valence electrons. The van der Waals surface area contributed by atoms with Crippen molar-refractivity contribution in [2.45, 2.75) is 12.3 Å². The number of aliphatic hydroxyl groups excluding tert-OH is 1. The third kappa shape index (κ3) is 4.84. The number of halogens is 3. The summed E-state index contributed by atoms with van der Waals surface area (Å²) in [5.74, 6) is -0.663. The number of alkyl halides is 3. The number of methoxy groups -OCH3 is 1. The summed E-state index contributed by atoms with van der Waals surface area (Å²) >= 11 is 0. The van der Waals surface area contributed by atoms with Crippen LogP contribution in [0.25, 0.3) is 0 Å². The Morgan fingerprint density at radius 2 is 2.21 bits per heavy atom. The summed E-state index contributed by atoms with van der Waals surface area (Å²) in [4.78, 5) is 14.9. The van der Waals surface area contributed by atoms with Gasteiger partial charge in [0.25, 0.3) is 5.91 Å². The molecule has 0 aliphatic rings. The van der Waals surface area contributed by atoms with E-state index in [0.717, 1.165) is 12.1 Å². The van der Waals surface area contributed by atoms with E-state index in [2.05, 4.69) is 15.0 Å². The maximum absolute atomic E-state index is 12.3. The second-order valence-corrected chi connectivity index (χ2v) is 3.75. The van der Waals surface area contributed by atoms with Gasteiger partial charge < -0.3 is 15.2 Å². The van der Waals surface area contributed by atoms with Gasteiger partial charge in [0.2, 0.25) is 0 Å². The van der Waals surface area contributed by atoms with Crippen LogP contribution in [-0.4, -0.2) is 42.4 Å². The lowest BCUT2D eigenvalue weighted by molar-refractivity contribution is -0.137. The monoisotopic (exact) mass is 278 g/mol. The van der Waals surface area contributed by atoms with Crippen molar-refractivity contribution in [2.24, 2.45) is 0 Å². The molecule has 0 radical (unpaired) electrons. The number of pyridine rings is 1. The molecule has 1 aromatic heterocycles. The lowest BCUT2D eigenvalue weighted by atomic mass is 10.2. The lowest BCUT2D eigenvalue weighted by Crippen LogP contribution is -2.34. The van der Waals surface area contributed by atoms with Gasteiger partial charge in [0.1, 0.15) is 5.69 Å². The van der Waals surface area contributed by atoms with Gasteiger partial charge in [0.05, 0.1) is 18.3 Å². The zero-order chi connectivity index (χ0) is 14.5. The Balaban J connectivity index is 2.59. The Morgan fingerprint density at radius 1 is 1.53 bits per heavy atom. The number of aromatic nitrogens is 1. The summed E-state index contributed by atoms with van der Waals surface area (Å²) in [6.07, 6.45) is -4.79. The Hall–Kier alpha value is -1.67. The van der Waals surface area contributed by atoms with Crippen molar-refractivity contribution in [2.75, 3.05) is 20.3 Å². The number of amides is 1. The van der Waals surface area contributed by atoms with Gasteiger partial charge in [-0.1, -0.05) is 0 Å². The molecule has 1 aromatic rings. The van der Waals surface area contributed by atoms with Crippen LogP contribution in [0.5, 0.6) is 0 Å². The van der Waals surface area contributed by atoms with E-state index < -0.39 is 23.8 Å². The standard InChI is InChI=1S/C11H13F3N2O3/c1-19-6-8(17)5-16-10(18)9-3-2-7(4-15-9)11(12,13)14/h2-4,8,17H,5-6H2,1H3,(H,16,18). The van der Waals surface area contributed by atoms with Crippen molar-refractivity contribution in [3.63, 3.8) is 0 Å². The minimum absolute atomic E-state index is 0.0424. The molecule has 1 heterocycles. The number of carbonyl (C=O) groups excluding carboxylic acids is 1. The number of ether oxygens (including phenoxy) is 1. The molecule has 19 heavy (non-hydrogen) atoms. The van der Waals surface area contributed by atoms with Crippen LogP contribution in [0.4, 0.5) is 13.2 Å². The maximum Gasteiger partial charge on any atom is 0.417 e. The van der Waals surface area contributed by atoms with Crippen molar-refractivity contribution in [3.8, 4) is 0 Å². The first-order valence-electron chi connectivity index (χ1n) is 5.33. The smallest absolute Gasteiger partial charge is 0.389 e. The van der Waals surface area contributed by atoms with Gasteiger partial charge in [0, 0.05) is 19.9 Å². The average Bonchev–Trinajstić information content (AvgIpc) is 2.35. The van der Waals surface area contributed by atoms with E-state index in [1.807, 2.05) is 0 Å². The molecule has 0 aromatic carbocycles. The third-order valence-electron chi connectivity index (χ3n) is 2.18. The van der Waals surface area contributed by atoms with E-state index in [0.29, 0.717) is 6.20 Å². The molecule has 0 saturated heterocycles. The van der Waals surface area contributed by atoms with Crippen LogP contribution in [0, 0.1) is 0 Å². The highest BCUT2D eigenvalue weighted by atomic mass is 19.4. The second kappa shape index (κ2) is 6.48. The normalized spacial score (nSPS) is 13.1. The fourth-order valence-electron chi connectivity index (χ4n) is 1.25. The molecule has 0 fully saturated rings. The lowest BCUT2D eigenvalue weighted by Gasteiger charge is -2.11. The minimum atomic E-state index is -4.49. The van der Waals surface area contributed by atoms with Crippen LogP contribution in [0.15, 0.2) is 18.3 Å². The second-order valence-electron chi connectivity index (χ2n) is 3.75. The van der Waals surface area contributed by atoms with Gasteiger partial charge in [-0.05, 0) is 12.1 Å². The summed E-state index contributed by atoms with van der Waals surface area (Å²) in [7, 11) is 1.39. The topological polar surface area (TPSA) is 71.5 Å². The van der Waals surface area contributed by atoms with Gasteiger partial charge in [0.15, 0.2) is 0 Å². The summed E-state index contributed by atoms with van der Waals surface area (Å²) in [6.45, 7) is -0.0317. The van der Waals surface area contributed by atoms with Gasteiger partial charge in [-0.3, -0.25) is 9.78 Å². The molecule has 1 atom stereocenters. The predicted octanol–water partition coefficient (Wildman–Crippen LogP) is 0.837. The number of hydrogen-bond acceptors (Lipinski definition) is 4. The summed E-state index contributed by atoms with van der Waals surface area (Å²) in [5.41, 5.74) is -1.08. The number of nitrogens with zero attached hydrogens (tertiary/aromatic N) is 1. The fraction of sp³-hybridized carbons (Fsp3) is 0.455. The molecule has 0 bridgehead atoms. The quantitative estimate of drug-likeness (QED) is 0.837. The van der Waals surface area contributed by atoms with Crippen LogP contribution in [0.2, 0.25) is 0 Å². The Kier molecular flexibility index (Phi) is 5.25. The predicted molar refractivity (Wildman–Crippen MR) is 59.5 cm³/mol. The van der Waals surface area contributed by atoms with Crippen molar-refractivity contribution in [1.29, 1.82) is 0 Å². The minimum Gasteiger partial charge on any atom is -0.389 e.